The smallest absolute Gasteiger partial charge is 0.126 e. The lowest BCUT2D eigenvalue weighted by Gasteiger charge is -2.48. The van der Waals surface area contributed by atoms with Crippen molar-refractivity contribution in [1.82, 2.24) is 10.2 Å². The van der Waals surface area contributed by atoms with Crippen molar-refractivity contribution in [1.29, 1.82) is 0 Å². The average Bonchev–Trinajstić information content (AvgIpc) is 2.83. The van der Waals surface area contributed by atoms with Crippen LogP contribution < -0.4 is 5.32 Å². The summed E-state index contributed by atoms with van der Waals surface area (Å²) in [6.07, 6.45) is 4.88. The fourth-order valence-corrected chi connectivity index (χ4v) is 3.75. The molecule has 110 valence electrons. The van der Waals surface area contributed by atoms with Crippen molar-refractivity contribution in [3.63, 3.8) is 0 Å². The molecule has 2 fully saturated rings. The van der Waals surface area contributed by atoms with Gasteiger partial charge in [0.2, 0.25) is 0 Å². The van der Waals surface area contributed by atoms with Crippen molar-refractivity contribution < 1.29 is 8.78 Å². The fourth-order valence-electron chi connectivity index (χ4n) is 3.75. The molecule has 0 amide bonds. The first-order chi connectivity index (χ1) is 9.57. The predicted octanol–water partition coefficient (Wildman–Crippen LogP) is 3.07. The van der Waals surface area contributed by atoms with Crippen LogP contribution in [0.25, 0.3) is 0 Å². The van der Waals surface area contributed by atoms with E-state index in [-0.39, 0.29) is 5.54 Å². The van der Waals surface area contributed by atoms with Gasteiger partial charge in [0.25, 0.3) is 0 Å². The van der Waals surface area contributed by atoms with E-state index in [2.05, 4.69) is 17.1 Å². The quantitative estimate of drug-likeness (QED) is 0.895. The molecular weight excluding hydrogens is 258 g/mol. The van der Waals surface area contributed by atoms with Crippen LogP contribution >= 0.6 is 0 Å². The molecule has 1 atom stereocenters. The minimum absolute atomic E-state index is 0.190. The number of hydrogen-bond donors (Lipinski definition) is 1. The van der Waals surface area contributed by atoms with Crippen molar-refractivity contribution in [2.75, 3.05) is 13.1 Å². The molecule has 2 aliphatic rings. The van der Waals surface area contributed by atoms with Gasteiger partial charge >= 0.3 is 0 Å². The first-order valence-corrected chi connectivity index (χ1v) is 7.51. The Bertz CT molecular complexity index is 463. The number of halogens is 2. The van der Waals surface area contributed by atoms with Gasteiger partial charge in [-0.2, -0.15) is 0 Å². The Morgan fingerprint density at radius 3 is 2.50 bits per heavy atom. The van der Waals surface area contributed by atoms with Crippen LogP contribution in [0.3, 0.4) is 0 Å². The highest BCUT2D eigenvalue weighted by Crippen LogP contribution is 2.37. The Labute approximate surface area is 119 Å². The minimum atomic E-state index is -0.483. The van der Waals surface area contributed by atoms with Gasteiger partial charge in [-0.1, -0.05) is 12.8 Å². The van der Waals surface area contributed by atoms with Crippen LogP contribution in [-0.2, 0) is 6.54 Å². The van der Waals surface area contributed by atoms with Crippen molar-refractivity contribution in [3.05, 3.63) is 35.4 Å². The second-order valence-corrected chi connectivity index (χ2v) is 6.37. The summed E-state index contributed by atoms with van der Waals surface area (Å²) in [7, 11) is 0. The molecule has 1 saturated heterocycles. The lowest BCUT2D eigenvalue weighted by molar-refractivity contribution is 0.0391. The SMILES string of the molecule is CC1CN(Cc2cc(F)cc(F)c2)C2(CCCC2)CN1. The van der Waals surface area contributed by atoms with Crippen LogP contribution in [0.4, 0.5) is 8.78 Å². The standard InChI is InChI=1S/C16H22F2N2/c1-12-9-20(16(11-19-12)4-2-3-5-16)10-13-6-14(17)8-15(18)7-13/h6-8,12,19H,2-5,9-11H2,1H3. The van der Waals surface area contributed by atoms with Gasteiger partial charge in [0.05, 0.1) is 0 Å². The summed E-state index contributed by atoms with van der Waals surface area (Å²) in [6.45, 7) is 4.74. The van der Waals surface area contributed by atoms with E-state index < -0.39 is 11.6 Å². The third-order valence-corrected chi connectivity index (χ3v) is 4.77. The van der Waals surface area contributed by atoms with Gasteiger partial charge in [0, 0.05) is 37.3 Å². The maximum Gasteiger partial charge on any atom is 0.126 e. The lowest BCUT2D eigenvalue weighted by atomic mass is 9.90. The van der Waals surface area contributed by atoms with E-state index in [1.54, 1.807) is 0 Å². The Morgan fingerprint density at radius 2 is 1.85 bits per heavy atom. The molecule has 1 saturated carbocycles. The van der Waals surface area contributed by atoms with Crippen LogP contribution in [-0.4, -0.2) is 29.6 Å². The highest BCUT2D eigenvalue weighted by atomic mass is 19.1. The maximum atomic E-state index is 13.4. The van der Waals surface area contributed by atoms with Gasteiger partial charge in [0.1, 0.15) is 11.6 Å². The summed E-state index contributed by atoms with van der Waals surface area (Å²) in [5.74, 6) is -0.965. The topological polar surface area (TPSA) is 15.3 Å². The lowest BCUT2D eigenvalue weighted by Crippen LogP contribution is -2.62. The fraction of sp³-hybridized carbons (Fsp3) is 0.625. The third kappa shape index (κ3) is 2.72. The number of hydrogen-bond acceptors (Lipinski definition) is 2. The molecule has 1 aliphatic heterocycles. The molecule has 3 rings (SSSR count). The van der Waals surface area contributed by atoms with Gasteiger partial charge in [-0.15, -0.1) is 0 Å². The molecule has 1 aliphatic carbocycles. The number of benzene rings is 1. The van der Waals surface area contributed by atoms with E-state index >= 15 is 0 Å². The molecule has 1 aromatic rings. The molecule has 0 aromatic heterocycles. The normalized spacial score (nSPS) is 26.2. The molecule has 1 heterocycles. The van der Waals surface area contributed by atoms with Gasteiger partial charge in [-0.05, 0) is 37.5 Å². The monoisotopic (exact) mass is 280 g/mol. The van der Waals surface area contributed by atoms with Crippen LogP contribution in [0, 0.1) is 11.6 Å². The van der Waals surface area contributed by atoms with Crippen LogP contribution in [0.2, 0.25) is 0 Å². The Kier molecular flexibility index (Phi) is 3.78. The van der Waals surface area contributed by atoms with E-state index in [4.69, 9.17) is 0 Å². The van der Waals surface area contributed by atoms with Gasteiger partial charge in [-0.3, -0.25) is 4.90 Å². The van der Waals surface area contributed by atoms with E-state index in [0.717, 1.165) is 24.7 Å². The van der Waals surface area contributed by atoms with Crippen molar-refractivity contribution in [2.45, 2.75) is 50.7 Å². The second kappa shape index (κ2) is 5.41. The predicted molar refractivity (Wildman–Crippen MR) is 75.4 cm³/mol. The molecule has 2 nitrogen and oxygen atoms in total. The number of nitrogens with one attached hydrogen (secondary N) is 1. The summed E-state index contributed by atoms with van der Waals surface area (Å²) < 4.78 is 26.7. The van der Waals surface area contributed by atoms with Crippen LogP contribution in [0.15, 0.2) is 18.2 Å². The van der Waals surface area contributed by atoms with E-state index in [1.807, 2.05) is 0 Å². The van der Waals surface area contributed by atoms with Crippen molar-refractivity contribution in [2.24, 2.45) is 0 Å². The summed E-state index contributed by atoms with van der Waals surface area (Å²) in [5.41, 5.74) is 0.929. The van der Waals surface area contributed by atoms with Gasteiger partial charge in [0.15, 0.2) is 0 Å². The molecule has 1 N–H and O–H groups in total. The summed E-state index contributed by atoms with van der Waals surface area (Å²) >= 11 is 0. The minimum Gasteiger partial charge on any atom is -0.311 e. The van der Waals surface area contributed by atoms with E-state index in [9.17, 15) is 8.78 Å². The molecule has 1 unspecified atom stereocenters. The molecule has 0 bridgehead atoms. The summed E-state index contributed by atoms with van der Waals surface area (Å²) in [5, 5.41) is 3.56. The van der Waals surface area contributed by atoms with E-state index in [1.165, 1.54) is 37.8 Å². The summed E-state index contributed by atoms with van der Waals surface area (Å²) in [4.78, 5) is 2.44. The molecule has 4 heteroatoms. The molecule has 0 radical (unpaired) electrons. The first-order valence-electron chi connectivity index (χ1n) is 7.51. The maximum absolute atomic E-state index is 13.4. The Balaban J connectivity index is 1.82. The van der Waals surface area contributed by atoms with Crippen molar-refractivity contribution >= 4 is 0 Å². The molecule has 1 aromatic carbocycles. The third-order valence-electron chi connectivity index (χ3n) is 4.77. The number of piperazine rings is 1. The van der Waals surface area contributed by atoms with Crippen LogP contribution in [0.1, 0.15) is 38.2 Å². The Morgan fingerprint density at radius 1 is 1.20 bits per heavy atom. The number of nitrogens with zero attached hydrogens (tertiary/aromatic N) is 1. The zero-order valence-electron chi connectivity index (χ0n) is 12.0. The largest absolute Gasteiger partial charge is 0.311 e. The highest BCUT2D eigenvalue weighted by Gasteiger charge is 2.42. The average molecular weight is 280 g/mol. The van der Waals surface area contributed by atoms with Gasteiger partial charge in [-0.25, -0.2) is 8.78 Å². The highest BCUT2D eigenvalue weighted by molar-refractivity contribution is 5.19. The summed E-state index contributed by atoms with van der Waals surface area (Å²) in [6, 6.07) is 4.28. The van der Waals surface area contributed by atoms with Gasteiger partial charge < -0.3 is 5.32 Å². The number of rotatable bonds is 2. The molecule has 20 heavy (non-hydrogen) atoms. The second-order valence-electron chi connectivity index (χ2n) is 6.37. The zero-order chi connectivity index (χ0) is 14.2. The molecule has 1 spiro atoms. The molecular formula is C16H22F2N2. The first kappa shape index (κ1) is 14.0. The van der Waals surface area contributed by atoms with Crippen molar-refractivity contribution in [3.8, 4) is 0 Å². The zero-order valence-corrected chi connectivity index (χ0v) is 12.0. The Hall–Kier alpha value is -1.00. The van der Waals surface area contributed by atoms with E-state index in [0.29, 0.717) is 12.6 Å². The van der Waals surface area contributed by atoms with Crippen LogP contribution in [0.5, 0.6) is 0 Å².